The molecule has 0 radical (unpaired) electrons. The second kappa shape index (κ2) is 5.72. The minimum atomic E-state index is 0.545. The van der Waals surface area contributed by atoms with Crippen molar-refractivity contribution in [3.63, 3.8) is 0 Å². The first-order valence-corrected chi connectivity index (χ1v) is 7.20. The van der Waals surface area contributed by atoms with Crippen LogP contribution < -0.4 is 5.32 Å². The molecule has 96 valence electrons. The third-order valence-electron chi connectivity index (χ3n) is 2.91. The van der Waals surface area contributed by atoms with Crippen LogP contribution in [0.2, 0.25) is 4.47 Å². The van der Waals surface area contributed by atoms with E-state index in [0.29, 0.717) is 10.4 Å². The highest BCUT2D eigenvalue weighted by Crippen LogP contribution is 2.24. The summed E-state index contributed by atoms with van der Waals surface area (Å²) < 4.78 is 0.597. The number of aryl methyl sites for hydroxylation is 1. The normalized spacial score (nSPS) is 10.9. The number of nitrogens with zero attached hydrogens (tertiary/aromatic N) is 1. The van der Waals surface area contributed by atoms with E-state index in [4.69, 9.17) is 11.6 Å². The van der Waals surface area contributed by atoms with E-state index in [9.17, 15) is 0 Å². The van der Waals surface area contributed by atoms with Gasteiger partial charge in [0.2, 0.25) is 0 Å². The van der Waals surface area contributed by atoms with E-state index in [1.54, 1.807) is 0 Å². The molecule has 0 aliphatic carbocycles. The summed E-state index contributed by atoms with van der Waals surface area (Å²) in [5.74, 6) is 0.545. The summed E-state index contributed by atoms with van der Waals surface area (Å²) in [6.45, 7) is 7.30. The van der Waals surface area contributed by atoms with E-state index in [0.717, 1.165) is 11.4 Å². The van der Waals surface area contributed by atoms with Crippen molar-refractivity contribution >= 4 is 28.6 Å². The molecule has 0 aliphatic rings. The second-order valence-corrected chi connectivity index (χ2v) is 6.36. The zero-order valence-electron chi connectivity index (χ0n) is 10.8. The van der Waals surface area contributed by atoms with Gasteiger partial charge in [-0.3, -0.25) is 0 Å². The van der Waals surface area contributed by atoms with E-state index < -0.39 is 0 Å². The van der Waals surface area contributed by atoms with Crippen LogP contribution in [0.3, 0.4) is 0 Å². The fourth-order valence-electron chi connectivity index (χ4n) is 1.74. The van der Waals surface area contributed by atoms with Gasteiger partial charge in [0, 0.05) is 16.8 Å². The van der Waals surface area contributed by atoms with Crippen molar-refractivity contribution in [2.24, 2.45) is 0 Å². The Morgan fingerprint density at radius 1 is 1.39 bits per heavy atom. The Hall–Kier alpha value is -1.06. The molecule has 1 heterocycles. The lowest BCUT2D eigenvalue weighted by Gasteiger charge is -2.12. The molecular weight excluding hydrogens is 264 g/mol. The third-order valence-corrected chi connectivity index (χ3v) is 4.02. The van der Waals surface area contributed by atoms with Gasteiger partial charge in [0.15, 0.2) is 4.47 Å². The number of rotatable bonds is 4. The van der Waals surface area contributed by atoms with Crippen molar-refractivity contribution in [2.75, 3.05) is 5.32 Å². The van der Waals surface area contributed by atoms with Gasteiger partial charge in [-0.15, -0.1) is 11.3 Å². The number of halogens is 1. The summed E-state index contributed by atoms with van der Waals surface area (Å²) in [6, 6.07) is 6.58. The van der Waals surface area contributed by atoms with Crippen LogP contribution in [0.1, 0.15) is 35.8 Å². The predicted octanol–water partition coefficient (Wildman–Crippen LogP) is 4.84. The van der Waals surface area contributed by atoms with Crippen LogP contribution >= 0.6 is 22.9 Å². The van der Waals surface area contributed by atoms with Gasteiger partial charge in [0.25, 0.3) is 0 Å². The minimum absolute atomic E-state index is 0.545. The van der Waals surface area contributed by atoms with Crippen LogP contribution in [0.5, 0.6) is 0 Å². The fourth-order valence-corrected chi connectivity index (χ4v) is 2.65. The largest absolute Gasteiger partial charge is 0.380 e. The lowest BCUT2D eigenvalue weighted by molar-refractivity contribution is 0.866. The van der Waals surface area contributed by atoms with Gasteiger partial charge in [-0.25, -0.2) is 4.98 Å². The fraction of sp³-hybridized carbons (Fsp3) is 0.357. The summed E-state index contributed by atoms with van der Waals surface area (Å²) in [6.07, 6.45) is 1.82. The average molecular weight is 281 g/mol. The molecule has 2 rings (SSSR count). The standard InChI is InChI=1S/C14H17ClN2S/c1-9(2)11-5-4-10(3)13(6-11)16-7-12-8-17-14(15)18-12/h4-6,8-9,16H,7H2,1-3H3. The van der Waals surface area contributed by atoms with Gasteiger partial charge in [-0.1, -0.05) is 37.6 Å². The van der Waals surface area contributed by atoms with E-state index in [1.165, 1.54) is 28.2 Å². The highest BCUT2D eigenvalue weighted by atomic mass is 35.5. The Bertz CT molecular complexity index is 534. The maximum atomic E-state index is 5.82. The number of nitrogens with one attached hydrogen (secondary N) is 1. The van der Waals surface area contributed by atoms with Crippen LogP contribution in [0.25, 0.3) is 0 Å². The Labute approximate surface area is 117 Å². The first-order valence-electron chi connectivity index (χ1n) is 6.01. The van der Waals surface area contributed by atoms with Crippen molar-refractivity contribution in [3.05, 3.63) is 44.9 Å². The average Bonchev–Trinajstić information content (AvgIpc) is 2.74. The molecule has 0 atom stereocenters. The number of thiazole rings is 1. The van der Waals surface area contributed by atoms with Crippen molar-refractivity contribution < 1.29 is 0 Å². The zero-order chi connectivity index (χ0) is 13.1. The monoisotopic (exact) mass is 280 g/mol. The molecule has 0 saturated heterocycles. The molecule has 1 aromatic heterocycles. The molecule has 0 aliphatic heterocycles. The number of anilines is 1. The topological polar surface area (TPSA) is 24.9 Å². The van der Waals surface area contributed by atoms with Crippen molar-refractivity contribution in [1.82, 2.24) is 4.98 Å². The molecule has 2 aromatic rings. The number of hydrogen-bond acceptors (Lipinski definition) is 3. The van der Waals surface area contributed by atoms with Gasteiger partial charge in [0.05, 0.1) is 6.54 Å². The summed E-state index contributed by atoms with van der Waals surface area (Å²) in [4.78, 5) is 5.19. The van der Waals surface area contributed by atoms with Crippen LogP contribution in [-0.4, -0.2) is 4.98 Å². The first-order chi connectivity index (χ1) is 8.56. The highest BCUT2D eigenvalue weighted by Gasteiger charge is 2.05. The summed E-state index contributed by atoms with van der Waals surface area (Å²) in [7, 11) is 0. The molecule has 0 unspecified atom stereocenters. The van der Waals surface area contributed by atoms with Crippen LogP contribution in [0, 0.1) is 6.92 Å². The van der Waals surface area contributed by atoms with E-state index >= 15 is 0 Å². The molecule has 1 aromatic carbocycles. The molecule has 0 fully saturated rings. The number of benzene rings is 1. The Morgan fingerprint density at radius 3 is 2.78 bits per heavy atom. The zero-order valence-corrected chi connectivity index (χ0v) is 12.4. The summed E-state index contributed by atoms with van der Waals surface area (Å²) in [5.41, 5.74) is 3.80. The van der Waals surface area contributed by atoms with Gasteiger partial charge in [0.1, 0.15) is 0 Å². The van der Waals surface area contributed by atoms with Gasteiger partial charge in [-0.2, -0.15) is 0 Å². The molecule has 18 heavy (non-hydrogen) atoms. The SMILES string of the molecule is Cc1ccc(C(C)C)cc1NCc1cnc(Cl)s1. The van der Waals surface area contributed by atoms with Crippen LogP contribution in [0.15, 0.2) is 24.4 Å². The Morgan fingerprint density at radius 2 is 2.17 bits per heavy atom. The lowest BCUT2D eigenvalue weighted by Crippen LogP contribution is -2.01. The van der Waals surface area contributed by atoms with Crippen molar-refractivity contribution in [3.8, 4) is 0 Å². The maximum absolute atomic E-state index is 5.82. The smallest absolute Gasteiger partial charge is 0.183 e. The Balaban J connectivity index is 2.10. The molecule has 4 heteroatoms. The quantitative estimate of drug-likeness (QED) is 0.867. The van der Waals surface area contributed by atoms with E-state index in [1.807, 2.05) is 6.20 Å². The highest BCUT2D eigenvalue weighted by molar-refractivity contribution is 7.15. The van der Waals surface area contributed by atoms with E-state index in [-0.39, 0.29) is 0 Å². The third kappa shape index (κ3) is 3.24. The molecular formula is C14H17ClN2S. The summed E-state index contributed by atoms with van der Waals surface area (Å²) in [5, 5.41) is 3.45. The van der Waals surface area contributed by atoms with Crippen molar-refractivity contribution in [1.29, 1.82) is 0 Å². The van der Waals surface area contributed by atoms with Gasteiger partial charge in [-0.05, 0) is 30.0 Å². The second-order valence-electron chi connectivity index (χ2n) is 4.66. The van der Waals surface area contributed by atoms with Crippen LogP contribution in [0.4, 0.5) is 5.69 Å². The lowest BCUT2D eigenvalue weighted by atomic mass is 10.0. The van der Waals surface area contributed by atoms with Crippen LogP contribution in [-0.2, 0) is 6.54 Å². The van der Waals surface area contributed by atoms with Gasteiger partial charge >= 0.3 is 0 Å². The molecule has 0 bridgehead atoms. The summed E-state index contributed by atoms with van der Waals surface area (Å²) >= 11 is 7.34. The van der Waals surface area contributed by atoms with E-state index in [2.05, 4.69) is 49.3 Å². The molecule has 0 spiro atoms. The predicted molar refractivity (Wildman–Crippen MR) is 79.7 cm³/mol. The Kier molecular flexibility index (Phi) is 4.25. The van der Waals surface area contributed by atoms with Gasteiger partial charge < -0.3 is 5.32 Å². The van der Waals surface area contributed by atoms with Crippen molar-refractivity contribution in [2.45, 2.75) is 33.2 Å². The maximum Gasteiger partial charge on any atom is 0.183 e. The molecule has 2 nitrogen and oxygen atoms in total. The number of hydrogen-bond donors (Lipinski definition) is 1. The molecule has 1 N–H and O–H groups in total. The molecule has 0 amide bonds. The molecule has 0 saturated carbocycles. The number of aromatic nitrogens is 1. The minimum Gasteiger partial charge on any atom is -0.380 e. The first kappa shape index (κ1) is 13.4.